The second-order valence-electron chi connectivity index (χ2n) is 7.10. The van der Waals surface area contributed by atoms with Crippen LogP contribution in [-0.4, -0.2) is 44.2 Å². The zero-order valence-corrected chi connectivity index (χ0v) is 19.6. The second kappa shape index (κ2) is 12.7. The van der Waals surface area contributed by atoms with Gasteiger partial charge in [0.25, 0.3) is 0 Å². The van der Waals surface area contributed by atoms with Crippen molar-refractivity contribution in [2.75, 3.05) is 26.7 Å². The van der Waals surface area contributed by atoms with Crippen molar-refractivity contribution in [3.8, 4) is 5.75 Å². The van der Waals surface area contributed by atoms with Gasteiger partial charge in [0, 0.05) is 38.2 Å². The molecule has 1 aliphatic rings. The minimum Gasteiger partial charge on any atom is -0.434 e. The van der Waals surface area contributed by atoms with E-state index in [1.165, 1.54) is 18.2 Å². The third-order valence-corrected chi connectivity index (χ3v) is 4.98. The lowest BCUT2D eigenvalue weighted by Crippen LogP contribution is -2.40. The molecule has 31 heavy (non-hydrogen) atoms. The molecule has 1 N–H and O–H groups in total. The molecule has 0 saturated carbocycles. The van der Waals surface area contributed by atoms with Gasteiger partial charge in [-0.1, -0.05) is 36.4 Å². The van der Waals surface area contributed by atoms with E-state index in [2.05, 4.69) is 19.9 Å². The topological polar surface area (TPSA) is 46.1 Å². The van der Waals surface area contributed by atoms with Gasteiger partial charge in [-0.25, -0.2) is 4.39 Å². The van der Waals surface area contributed by atoms with Gasteiger partial charge in [-0.05, 0) is 24.1 Å². The highest BCUT2D eigenvalue weighted by Gasteiger charge is 2.25. The molecule has 1 saturated heterocycles. The van der Waals surface area contributed by atoms with Crippen LogP contribution in [0.5, 0.6) is 5.75 Å². The number of likely N-dealkylation sites (tertiary alicyclic amines) is 1. The first kappa shape index (κ1) is 25.3. The van der Waals surface area contributed by atoms with Crippen LogP contribution < -0.4 is 10.1 Å². The summed E-state index contributed by atoms with van der Waals surface area (Å²) in [5.74, 6) is 0.163. The first-order valence-electron chi connectivity index (χ1n) is 9.86. The molecule has 2 aromatic rings. The average molecular weight is 549 g/mol. The fourth-order valence-electron chi connectivity index (χ4n) is 3.50. The van der Waals surface area contributed by atoms with Crippen molar-refractivity contribution in [2.24, 2.45) is 10.9 Å². The van der Waals surface area contributed by atoms with Crippen LogP contribution >= 0.6 is 24.0 Å². The third kappa shape index (κ3) is 7.57. The Hall–Kier alpha value is -2.01. The molecule has 1 heterocycles. The number of nitrogens with zero attached hydrogens (tertiary/aromatic N) is 2. The maximum absolute atomic E-state index is 14.1. The van der Waals surface area contributed by atoms with Crippen molar-refractivity contribution in [1.82, 2.24) is 10.2 Å². The largest absolute Gasteiger partial charge is 0.434 e. The third-order valence-electron chi connectivity index (χ3n) is 4.98. The standard InChI is InChI=1S/C22H26F3N3O2.HI/c1-26-22(27-12-18-19(23)8-5-9-20(18)30-21(24)25)28-11-10-17(13-28)15-29-14-16-6-3-2-4-7-16;/h2-9,17,21H,10-15H2,1H3,(H,26,27);1H. The zero-order chi connectivity index (χ0) is 21.3. The monoisotopic (exact) mass is 549 g/mol. The molecule has 2 aromatic carbocycles. The number of benzene rings is 2. The summed E-state index contributed by atoms with van der Waals surface area (Å²) in [4.78, 5) is 6.31. The van der Waals surface area contributed by atoms with Crippen LogP contribution in [0.3, 0.4) is 0 Å². The van der Waals surface area contributed by atoms with Gasteiger partial charge >= 0.3 is 6.61 Å². The van der Waals surface area contributed by atoms with Crippen LogP contribution in [0.2, 0.25) is 0 Å². The second-order valence-corrected chi connectivity index (χ2v) is 7.10. The van der Waals surface area contributed by atoms with E-state index in [1.54, 1.807) is 7.05 Å². The summed E-state index contributed by atoms with van der Waals surface area (Å²) in [5, 5.41) is 3.05. The van der Waals surface area contributed by atoms with Crippen molar-refractivity contribution in [2.45, 2.75) is 26.2 Å². The van der Waals surface area contributed by atoms with E-state index >= 15 is 0 Å². The first-order valence-corrected chi connectivity index (χ1v) is 9.86. The van der Waals surface area contributed by atoms with Gasteiger partial charge < -0.3 is 19.7 Å². The Morgan fingerprint density at radius 2 is 1.97 bits per heavy atom. The van der Waals surface area contributed by atoms with E-state index in [9.17, 15) is 13.2 Å². The molecule has 0 amide bonds. The number of rotatable bonds is 8. The number of aliphatic imine (C=N–C) groups is 1. The molecule has 0 bridgehead atoms. The Kier molecular flexibility index (Phi) is 10.4. The highest BCUT2D eigenvalue weighted by Crippen LogP contribution is 2.24. The quantitative estimate of drug-likeness (QED) is 0.296. The smallest absolute Gasteiger partial charge is 0.387 e. The Morgan fingerprint density at radius 3 is 2.68 bits per heavy atom. The van der Waals surface area contributed by atoms with E-state index in [-0.39, 0.29) is 41.8 Å². The highest BCUT2D eigenvalue weighted by atomic mass is 127. The van der Waals surface area contributed by atoms with Crippen molar-refractivity contribution in [3.63, 3.8) is 0 Å². The van der Waals surface area contributed by atoms with Crippen LogP contribution in [0, 0.1) is 11.7 Å². The fraction of sp³-hybridized carbons (Fsp3) is 0.409. The van der Waals surface area contributed by atoms with Crippen LogP contribution in [0.1, 0.15) is 17.5 Å². The van der Waals surface area contributed by atoms with Crippen molar-refractivity contribution < 1.29 is 22.6 Å². The predicted molar refractivity (Wildman–Crippen MR) is 124 cm³/mol. The van der Waals surface area contributed by atoms with Crippen molar-refractivity contribution in [3.05, 3.63) is 65.5 Å². The summed E-state index contributed by atoms with van der Waals surface area (Å²) in [6.07, 6.45) is 0.953. The minimum absolute atomic E-state index is 0. The lowest BCUT2D eigenvalue weighted by Gasteiger charge is -2.22. The molecule has 0 spiro atoms. The minimum atomic E-state index is -3.01. The van der Waals surface area contributed by atoms with E-state index in [0.29, 0.717) is 25.1 Å². The van der Waals surface area contributed by atoms with E-state index in [0.717, 1.165) is 25.1 Å². The molecule has 9 heteroatoms. The van der Waals surface area contributed by atoms with E-state index in [4.69, 9.17) is 4.74 Å². The van der Waals surface area contributed by atoms with Crippen molar-refractivity contribution in [1.29, 1.82) is 0 Å². The number of ether oxygens (including phenoxy) is 2. The summed E-state index contributed by atoms with van der Waals surface area (Å²) in [5.41, 5.74) is 1.18. The number of guanidine groups is 1. The number of hydrogen-bond acceptors (Lipinski definition) is 3. The maximum atomic E-state index is 14.1. The Labute approximate surface area is 197 Å². The molecular formula is C22H27F3IN3O2. The molecule has 1 aliphatic heterocycles. The Balaban J connectivity index is 0.00000341. The number of nitrogens with one attached hydrogen (secondary N) is 1. The van der Waals surface area contributed by atoms with Crippen LogP contribution in [0.25, 0.3) is 0 Å². The fourth-order valence-corrected chi connectivity index (χ4v) is 3.50. The van der Waals surface area contributed by atoms with E-state index < -0.39 is 12.4 Å². The molecule has 1 unspecified atom stereocenters. The summed E-state index contributed by atoms with van der Waals surface area (Å²) in [6.45, 7) is -0.261. The van der Waals surface area contributed by atoms with Gasteiger partial charge in [0.1, 0.15) is 11.6 Å². The highest BCUT2D eigenvalue weighted by molar-refractivity contribution is 14.0. The summed E-state index contributed by atoms with van der Waals surface area (Å²) in [7, 11) is 1.64. The van der Waals surface area contributed by atoms with Gasteiger partial charge in [-0.3, -0.25) is 4.99 Å². The molecule has 0 radical (unpaired) electrons. The van der Waals surface area contributed by atoms with Gasteiger partial charge in [-0.15, -0.1) is 24.0 Å². The summed E-state index contributed by atoms with van der Waals surface area (Å²) < 4.78 is 49.6. The lowest BCUT2D eigenvalue weighted by molar-refractivity contribution is -0.0506. The van der Waals surface area contributed by atoms with Crippen LogP contribution in [-0.2, 0) is 17.9 Å². The molecule has 1 atom stereocenters. The van der Waals surface area contributed by atoms with Crippen molar-refractivity contribution >= 4 is 29.9 Å². The van der Waals surface area contributed by atoms with Crippen LogP contribution in [0.15, 0.2) is 53.5 Å². The molecule has 170 valence electrons. The maximum Gasteiger partial charge on any atom is 0.387 e. The molecule has 0 aliphatic carbocycles. The Morgan fingerprint density at radius 1 is 1.19 bits per heavy atom. The van der Waals surface area contributed by atoms with Crippen LogP contribution in [0.4, 0.5) is 13.2 Å². The summed E-state index contributed by atoms with van der Waals surface area (Å²) >= 11 is 0. The number of hydrogen-bond donors (Lipinski definition) is 1. The molecule has 5 nitrogen and oxygen atoms in total. The normalized spacial score (nSPS) is 16.4. The Bertz CT molecular complexity index is 840. The van der Waals surface area contributed by atoms with Gasteiger partial charge in [-0.2, -0.15) is 8.78 Å². The van der Waals surface area contributed by atoms with Gasteiger partial charge in [0.2, 0.25) is 0 Å². The molecule has 3 rings (SSSR count). The molecular weight excluding hydrogens is 522 g/mol. The first-order chi connectivity index (χ1) is 14.6. The SMILES string of the molecule is CN=C(NCc1c(F)cccc1OC(F)F)N1CCC(COCc2ccccc2)C1.I. The molecule has 0 aromatic heterocycles. The average Bonchev–Trinajstić information content (AvgIpc) is 3.19. The molecule has 1 fully saturated rings. The zero-order valence-electron chi connectivity index (χ0n) is 17.3. The van der Waals surface area contributed by atoms with E-state index in [1.807, 2.05) is 30.3 Å². The summed E-state index contributed by atoms with van der Waals surface area (Å²) in [6, 6.07) is 13.9. The number of halogens is 4. The number of alkyl halides is 2. The van der Waals surface area contributed by atoms with Gasteiger partial charge in [0.05, 0.1) is 13.2 Å². The lowest BCUT2D eigenvalue weighted by atomic mass is 10.1. The van der Waals surface area contributed by atoms with Gasteiger partial charge in [0.15, 0.2) is 5.96 Å². The predicted octanol–water partition coefficient (Wildman–Crippen LogP) is 4.66.